The minimum atomic E-state index is 0.494. The SMILES string of the molecule is c1nc(NC2CCC(N3CCOCC3)CC2)c2cc(C3CCOC3)ccc2n1. The number of hydrogen-bond acceptors (Lipinski definition) is 6. The van der Waals surface area contributed by atoms with Gasteiger partial charge in [0, 0.05) is 43.1 Å². The predicted octanol–water partition coefficient (Wildman–Crippen LogP) is 3.19. The first kappa shape index (κ1) is 18.3. The molecule has 0 radical (unpaired) electrons. The van der Waals surface area contributed by atoms with Crippen molar-refractivity contribution >= 4 is 16.7 Å². The van der Waals surface area contributed by atoms with Crippen LogP contribution in [-0.4, -0.2) is 66.5 Å². The fourth-order valence-electron chi connectivity index (χ4n) is 4.96. The van der Waals surface area contributed by atoms with Crippen LogP contribution in [-0.2, 0) is 9.47 Å². The van der Waals surface area contributed by atoms with E-state index in [-0.39, 0.29) is 0 Å². The third-order valence-corrected chi connectivity index (χ3v) is 6.66. The van der Waals surface area contributed by atoms with E-state index in [2.05, 4.69) is 38.4 Å². The van der Waals surface area contributed by atoms with E-state index in [9.17, 15) is 0 Å². The normalized spacial score (nSPS) is 29.2. The van der Waals surface area contributed by atoms with Crippen molar-refractivity contribution in [2.75, 3.05) is 44.8 Å². The summed E-state index contributed by atoms with van der Waals surface area (Å²) in [7, 11) is 0. The number of fused-ring (bicyclic) bond motifs is 1. The van der Waals surface area contributed by atoms with Crippen molar-refractivity contribution in [2.45, 2.75) is 50.1 Å². The molecule has 2 aliphatic heterocycles. The Morgan fingerprint density at radius 2 is 1.79 bits per heavy atom. The summed E-state index contributed by atoms with van der Waals surface area (Å²) in [5, 5.41) is 4.88. The van der Waals surface area contributed by atoms with Crippen molar-refractivity contribution in [3.63, 3.8) is 0 Å². The third-order valence-electron chi connectivity index (χ3n) is 6.66. The Bertz CT molecular complexity index is 794. The second-order valence-electron chi connectivity index (χ2n) is 8.36. The van der Waals surface area contributed by atoms with Crippen LogP contribution >= 0.6 is 0 Å². The Hall–Kier alpha value is -1.76. The molecule has 3 heterocycles. The first-order valence-electron chi connectivity index (χ1n) is 10.8. The van der Waals surface area contributed by atoms with Crippen LogP contribution in [0.25, 0.3) is 10.9 Å². The lowest BCUT2D eigenvalue weighted by molar-refractivity contribution is 0.00791. The zero-order valence-electron chi connectivity index (χ0n) is 16.5. The van der Waals surface area contributed by atoms with E-state index in [0.717, 1.165) is 68.7 Å². The highest BCUT2D eigenvalue weighted by atomic mass is 16.5. The minimum absolute atomic E-state index is 0.494. The first-order chi connectivity index (χ1) is 13.9. The van der Waals surface area contributed by atoms with Gasteiger partial charge in [-0.1, -0.05) is 6.07 Å². The van der Waals surface area contributed by atoms with E-state index in [4.69, 9.17) is 9.47 Å². The standard InChI is InChI=1S/C22H30N4O2/c1-6-21-20(13-16(1)17-7-10-28-14-17)22(24-15-23-21)25-18-2-4-19(5-3-18)26-8-11-27-12-9-26/h1,6,13,15,17-19H,2-5,7-12,14H2,(H,23,24,25). The second kappa shape index (κ2) is 8.31. The van der Waals surface area contributed by atoms with E-state index in [0.29, 0.717) is 12.0 Å². The Kier molecular flexibility index (Phi) is 5.43. The Labute approximate surface area is 166 Å². The van der Waals surface area contributed by atoms with E-state index in [1.165, 1.54) is 31.2 Å². The average Bonchev–Trinajstić information content (AvgIpc) is 3.30. The monoisotopic (exact) mass is 382 g/mol. The predicted molar refractivity (Wildman–Crippen MR) is 110 cm³/mol. The van der Waals surface area contributed by atoms with Gasteiger partial charge in [0.05, 0.1) is 25.3 Å². The number of hydrogen-bond donors (Lipinski definition) is 1. The molecular weight excluding hydrogens is 352 g/mol. The van der Waals surface area contributed by atoms with Gasteiger partial charge in [0.1, 0.15) is 12.1 Å². The highest BCUT2D eigenvalue weighted by Crippen LogP contribution is 2.31. The van der Waals surface area contributed by atoms with Gasteiger partial charge in [-0.15, -0.1) is 0 Å². The zero-order valence-corrected chi connectivity index (χ0v) is 16.5. The maximum absolute atomic E-state index is 5.58. The number of rotatable bonds is 4. The van der Waals surface area contributed by atoms with Crippen molar-refractivity contribution in [2.24, 2.45) is 0 Å². The molecular formula is C22H30N4O2. The molecule has 1 aromatic heterocycles. The summed E-state index contributed by atoms with van der Waals surface area (Å²) < 4.78 is 11.1. The Morgan fingerprint density at radius 3 is 2.57 bits per heavy atom. The number of nitrogens with one attached hydrogen (secondary N) is 1. The smallest absolute Gasteiger partial charge is 0.137 e. The lowest BCUT2D eigenvalue weighted by Crippen LogP contribution is -2.46. The zero-order chi connectivity index (χ0) is 18.8. The third kappa shape index (κ3) is 3.86. The summed E-state index contributed by atoms with van der Waals surface area (Å²) >= 11 is 0. The molecule has 0 bridgehead atoms. The van der Waals surface area contributed by atoms with Crippen LogP contribution in [0.15, 0.2) is 24.5 Å². The summed E-state index contributed by atoms with van der Waals surface area (Å²) in [5.41, 5.74) is 2.36. The highest BCUT2D eigenvalue weighted by Gasteiger charge is 2.27. The van der Waals surface area contributed by atoms with Gasteiger partial charge in [-0.05, 0) is 49.8 Å². The summed E-state index contributed by atoms with van der Waals surface area (Å²) in [5.74, 6) is 1.49. The van der Waals surface area contributed by atoms with Crippen LogP contribution in [0.5, 0.6) is 0 Å². The molecule has 6 heteroatoms. The van der Waals surface area contributed by atoms with Crippen molar-refractivity contribution in [3.8, 4) is 0 Å². The van der Waals surface area contributed by atoms with Crippen molar-refractivity contribution < 1.29 is 9.47 Å². The average molecular weight is 383 g/mol. The Morgan fingerprint density at radius 1 is 0.929 bits per heavy atom. The molecule has 1 unspecified atom stereocenters. The molecule has 1 atom stereocenters. The van der Waals surface area contributed by atoms with Crippen molar-refractivity contribution in [3.05, 3.63) is 30.1 Å². The highest BCUT2D eigenvalue weighted by molar-refractivity contribution is 5.89. The first-order valence-corrected chi connectivity index (χ1v) is 10.8. The van der Waals surface area contributed by atoms with E-state index in [1.807, 2.05) is 0 Å². The second-order valence-corrected chi connectivity index (χ2v) is 8.36. The van der Waals surface area contributed by atoms with Crippen molar-refractivity contribution in [1.29, 1.82) is 0 Å². The molecule has 1 aromatic carbocycles. The van der Waals surface area contributed by atoms with Crippen LogP contribution in [0.2, 0.25) is 0 Å². The van der Waals surface area contributed by atoms with Crippen molar-refractivity contribution in [1.82, 2.24) is 14.9 Å². The molecule has 1 aliphatic carbocycles. The summed E-state index contributed by atoms with van der Waals surface area (Å²) in [4.78, 5) is 11.7. The molecule has 3 aliphatic rings. The fourth-order valence-corrected chi connectivity index (χ4v) is 4.96. The number of ether oxygens (including phenoxy) is 2. The minimum Gasteiger partial charge on any atom is -0.381 e. The molecule has 6 nitrogen and oxygen atoms in total. The van der Waals surface area contributed by atoms with Gasteiger partial charge in [-0.3, -0.25) is 4.90 Å². The van der Waals surface area contributed by atoms with Crippen LogP contribution in [0.4, 0.5) is 5.82 Å². The lowest BCUT2D eigenvalue weighted by atomic mass is 9.89. The maximum Gasteiger partial charge on any atom is 0.137 e. The van der Waals surface area contributed by atoms with E-state index < -0.39 is 0 Å². The quantitative estimate of drug-likeness (QED) is 0.876. The Balaban J connectivity index is 1.28. The molecule has 5 rings (SSSR count). The van der Waals surface area contributed by atoms with Crippen LogP contribution in [0.3, 0.4) is 0 Å². The summed E-state index contributed by atoms with van der Waals surface area (Å²) in [6.45, 7) is 5.65. The van der Waals surface area contributed by atoms with Crippen LogP contribution in [0, 0.1) is 0 Å². The maximum atomic E-state index is 5.58. The van der Waals surface area contributed by atoms with Gasteiger partial charge in [0.25, 0.3) is 0 Å². The molecule has 2 saturated heterocycles. The molecule has 1 saturated carbocycles. The van der Waals surface area contributed by atoms with Gasteiger partial charge < -0.3 is 14.8 Å². The van der Waals surface area contributed by atoms with Crippen LogP contribution in [0.1, 0.15) is 43.6 Å². The van der Waals surface area contributed by atoms with Gasteiger partial charge in [-0.25, -0.2) is 9.97 Å². The van der Waals surface area contributed by atoms with Gasteiger partial charge in [0.15, 0.2) is 0 Å². The molecule has 0 spiro atoms. The number of aromatic nitrogens is 2. The molecule has 2 aromatic rings. The molecule has 1 N–H and O–H groups in total. The van der Waals surface area contributed by atoms with Crippen LogP contribution < -0.4 is 5.32 Å². The number of benzene rings is 1. The molecule has 3 fully saturated rings. The summed E-state index contributed by atoms with van der Waals surface area (Å²) in [6, 6.07) is 7.82. The summed E-state index contributed by atoms with van der Waals surface area (Å²) in [6.07, 6.45) is 7.69. The number of morpholine rings is 1. The largest absolute Gasteiger partial charge is 0.381 e. The fraction of sp³-hybridized carbons (Fsp3) is 0.636. The van der Waals surface area contributed by atoms with Gasteiger partial charge >= 0.3 is 0 Å². The molecule has 28 heavy (non-hydrogen) atoms. The number of nitrogens with zero attached hydrogens (tertiary/aromatic N) is 3. The van der Waals surface area contributed by atoms with E-state index in [1.54, 1.807) is 6.33 Å². The van der Waals surface area contributed by atoms with Gasteiger partial charge in [0.2, 0.25) is 0 Å². The molecule has 0 amide bonds. The van der Waals surface area contributed by atoms with Gasteiger partial charge in [-0.2, -0.15) is 0 Å². The number of anilines is 1. The topological polar surface area (TPSA) is 59.5 Å². The lowest BCUT2D eigenvalue weighted by Gasteiger charge is -2.39. The van der Waals surface area contributed by atoms with E-state index >= 15 is 0 Å². The molecule has 150 valence electrons.